The molecule has 0 radical (unpaired) electrons. The van der Waals surface area contributed by atoms with Gasteiger partial charge in [0.15, 0.2) is 5.96 Å². The zero-order valence-electron chi connectivity index (χ0n) is 14.6. The molecule has 6 heteroatoms. The molecule has 5 nitrogen and oxygen atoms in total. The molecule has 0 spiro atoms. The van der Waals surface area contributed by atoms with E-state index in [1.165, 1.54) is 5.56 Å². The Morgan fingerprint density at radius 2 is 2.08 bits per heavy atom. The first kappa shape index (κ1) is 19.5. The van der Waals surface area contributed by atoms with Gasteiger partial charge in [-0.05, 0) is 12.0 Å². The van der Waals surface area contributed by atoms with Crippen LogP contribution in [0.15, 0.2) is 35.3 Å². The highest BCUT2D eigenvalue weighted by Crippen LogP contribution is 2.24. The van der Waals surface area contributed by atoms with Crippen LogP contribution in [0, 0.1) is 0 Å². The van der Waals surface area contributed by atoms with Gasteiger partial charge >= 0.3 is 0 Å². The van der Waals surface area contributed by atoms with Gasteiger partial charge in [-0.3, -0.25) is 9.89 Å². The molecule has 24 heavy (non-hydrogen) atoms. The lowest BCUT2D eigenvalue weighted by molar-refractivity contribution is -0.0502. The first-order chi connectivity index (χ1) is 11.3. The van der Waals surface area contributed by atoms with Gasteiger partial charge in [-0.1, -0.05) is 37.3 Å². The molecular formula is C18H29IN4O. The van der Waals surface area contributed by atoms with Crippen LogP contribution in [-0.4, -0.2) is 67.7 Å². The van der Waals surface area contributed by atoms with Gasteiger partial charge in [0.1, 0.15) is 0 Å². The van der Waals surface area contributed by atoms with E-state index in [1.807, 2.05) is 7.05 Å². The maximum Gasteiger partial charge on any atom is 0.193 e. The lowest BCUT2D eigenvalue weighted by atomic mass is 10.1. The summed E-state index contributed by atoms with van der Waals surface area (Å²) >= 11 is 0. The normalized spacial score (nSPS) is 24.4. The van der Waals surface area contributed by atoms with Crippen molar-refractivity contribution in [2.24, 2.45) is 4.99 Å². The third-order valence-corrected chi connectivity index (χ3v) is 4.69. The summed E-state index contributed by atoms with van der Waals surface area (Å²) in [6.45, 7) is 7.88. The van der Waals surface area contributed by atoms with Crippen molar-refractivity contribution >= 4 is 29.9 Å². The molecule has 1 aromatic carbocycles. The van der Waals surface area contributed by atoms with E-state index in [9.17, 15) is 0 Å². The average Bonchev–Trinajstić information content (AvgIpc) is 3.02. The smallest absolute Gasteiger partial charge is 0.193 e. The minimum absolute atomic E-state index is 0. The van der Waals surface area contributed by atoms with Crippen LogP contribution >= 0.6 is 24.0 Å². The van der Waals surface area contributed by atoms with Crippen molar-refractivity contribution < 1.29 is 4.74 Å². The lowest BCUT2D eigenvalue weighted by Gasteiger charge is -2.36. The Kier molecular flexibility index (Phi) is 7.77. The second-order valence-electron chi connectivity index (χ2n) is 6.31. The summed E-state index contributed by atoms with van der Waals surface area (Å²) in [7, 11) is 1.86. The quantitative estimate of drug-likeness (QED) is 0.439. The van der Waals surface area contributed by atoms with Crippen molar-refractivity contribution in [1.29, 1.82) is 0 Å². The number of aliphatic imine (C=N–C) groups is 1. The molecule has 0 aromatic heterocycles. The molecule has 2 heterocycles. The molecule has 2 atom stereocenters. The van der Waals surface area contributed by atoms with Crippen molar-refractivity contribution in [2.75, 3.05) is 39.8 Å². The number of nitrogens with zero attached hydrogens (tertiary/aromatic N) is 3. The second kappa shape index (κ2) is 9.58. The standard InChI is InChI=1S/C18H28N4O.HI/c1-3-9-20-18(19-2)22-13-16-17(14-22)23-11-10-21(16)12-15-7-5-4-6-8-15;/h4-8,16-17H,3,9-14H2,1-2H3,(H,19,20);1H. The molecule has 2 fully saturated rings. The van der Waals surface area contributed by atoms with Crippen molar-refractivity contribution in [3.63, 3.8) is 0 Å². The zero-order valence-corrected chi connectivity index (χ0v) is 17.0. The summed E-state index contributed by atoms with van der Waals surface area (Å²) < 4.78 is 6.03. The van der Waals surface area contributed by atoms with Crippen LogP contribution in [0.3, 0.4) is 0 Å². The minimum atomic E-state index is 0. The Hall–Kier alpha value is -0.860. The largest absolute Gasteiger partial charge is 0.373 e. The number of hydrogen-bond donors (Lipinski definition) is 1. The molecule has 0 saturated carbocycles. The monoisotopic (exact) mass is 444 g/mol. The molecule has 134 valence electrons. The third-order valence-electron chi connectivity index (χ3n) is 4.69. The fourth-order valence-corrected chi connectivity index (χ4v) is 3.51. The number of benzene rings is 1. The molecule has 2 aliphatic rings. The Labute approximate surface area is 162 Å². The van der Waals surface area contributed by atoms with Gasteiger partial charge in [0.25, 0.3) is 0 Å². The van der Waals surface area contributed by atoms with E-state index >= 15 is 0 Å². The lowest BCUT2D eigenvalue weighted by Crippen LogP contribution is -2.50. The Morgan fingerprint density at radius 3 is 2.79 bits per heavy atom. The molecule has 3 rings (SSSR count). The van der Waals surface area contributed by atoms with Crippen molar-refractivity contribution in [3.05, 3.63) is 35.9 Å². The number of guanidine groups is 1. The Bertz CT molecular complexity index is 525. The number of nitrogens with one attached hydrogen (secondary N) is 1. The molecule has 2 aliphatic heterocycles. The van der Waals surface area contributed by atoms with Crippen LogP contribution in [0.4, 0.5) is 0 Å². The fraction of sp³-hybridized carbons (Fsp3) is 0.611. The van der Waals surface area contributed by atoms with E-state index in [2.05, 4.69) is 57.4 Å². The van der Waals surface area contributed by atoms with E-state index in [0.717, 1.165) is 51.7 Å². The van der Waals surface area contributed by atoms with Gasteiger partial charge in [0.2, 0.25) is 0 Å². The average molecular weight is 444 g/mol. The number of fused-ring (bicyclic) bond motifs is 1. The van der Waals surface area contributed by atoms with Gasteiger partial charge in [-0.15, -0.1) is 24.0 Å². The predicted molar refractivity (Wildman–Crippen MR) is 109 cm³/mol. The minimum Gasteiger partial charge on any atom is -0.373 e. The number of hydrogen-bond acceptors (Lipinski definition) is 3. The summed E-state index contributed by atoms with van der Waals surface area (Å²) in [4.78, 5) is 9.34. The number of rotatable bonds is 4. The maximum atomic E-state index is 6.03. The van der Waals surface area contributed by atoms with E-state index in [0.29, 0.717) is 6.04 Å². The van der Waals surface area contributed by atoms with Gasteiger partial charge in [-0.25, -0.2) is 0 Å². The molecule has 1 N–H and O–H groups in total. The summed E-state index contributed by atoms with van der Waals surface area (Å²) in [5, 5.41) is 3.44. The Balaban J connectivity index is 0.00000208. The molecule has 2 saturated heterocycles. The molecule has 1 aromatic rings. The highest BCUT2D eigenvalue weighted by molar-refractivity contribution is 14.0. The highest BCUT2D eigenvalue weighted by atomic mass is 127. The van der Waals surface area contributed by atoms with Gasteiger partial charge in [0, 0.05) is 39.8 Å². The summed E-state index contributed by atoms with van der Waals surface area (Å²) in [6.07, 6.45) is 1.39. The predicted octanol–water partition coefficient (Wildman–Crippen LogP) is 2.18. The summed E-state index contributed by atoms with van der Waals surface area (Å²) in [6, 6.07) is 11.2. The molecule has 2 unspecified atom stereocenters. The highest BCUT2D eigenvalue weighted by Gasteiger charge is 2.40. The molecular weight excluding hydrogens is 415 g/mol. The third kappa shape index (κ3) is 4.61. The number of likely N-dealkylation sites (tertiary alicyclic amines) is 1. The maximum absolute atomic E-state index is 6.03. The zero-order chi connectivity index (χ0) is 16.1. The van der Waals surface area contributed by atoms with Crippen LogP contribution in [0.25, 0.3) is 0 Å². The van der Waals surface area contributed by atoms with Gasteiger partial charge in [0.05, 0.1) is 18.8 Å². The van der Waals surface area contributed by atoms with Crippen molar-refractivity contribution in [3.8, 4) is 0 Å². The van der Waals surface area contributed by atoms with Gasteiger partial charge < -0.3 is 15.0 Å². The van der Waals surface area contributed by atoms with Gasteiger partial charge in [-0.2, -0.15) is 0 Å². The van der Waals surface area contributed by atoms with E-state index in [-0.39, 0.29) is 30.1 Å². The number of halogens is 1. The molecule has 0 amide bonds. The van der Waals surface area contributed by atoms with E-state index in [1.54, 1.807) is 0 Å². The van der Waals surface area contributed by atoms with Crippen LogP contribution < -0.4 is 5.32 Å². The Morgan fingerprint density at radius 1 is 1.29 bits per heavy atom. The number of ether oxygens (including phenoxy) is 1. The van der Waals surface area contributed by atoms with Crippen LogP contribution in [0.1, 0.15) is 18.9 Å². The van der Waals surface area contributed by atoms with E-state index < -0.39 is 0 Å². The summed E-state index contributed by atoms with van der Waals surface area (Å²) in [5.41, 5.74) is 1.38. The second-order valence-corrected chi connectivity index (χ2v) is 6.31. The first-order valence-electron chi connectivity index (χ1n) is 8.67. The topological polar surface area (TPSA) is 40.1 Å². The summed E-state index contributed by atoms with van der Waals surface area (Å²) in [5.74, 6) is 1.00. The van der Waals surface area contributed by atoms with Crippen molar-refractivity contribution in [1.82, 2.24) is 15.1 Å². The molecule has 0 aliphatic carbocycles. The van der Waals surface area contributed by atoms with Crippen LogP contribution in [0.2, 0.25) is 0 Å². The SMILES string of the molecule is CCCNC(=NC)N1CC2OCCN(Cc3ccccc3)C2C1.I. The number of morpholine rings is 1. The fourth-order valence-electron chi connectivity index (χ4n) is 3.51. The van der Waals surface area contributed by atoms with Crippen LogP contribution in [-0.2, 0) is 11.3 Å². The van der Waals surface area contributed by atoms with E-state index in [4.69, 9.17) is 4.74 Å². The van der Waals surface area contributed by atoms with Crippen LogP contribution in [0.5, 0.6) is 0 Å². The first-order valence-corrected chi connectivity index (χ1v) is 8.67. The van der Waals surface area contributed by atoms with Crippen molar-refractivity contribution in [2.45, 2.75) is 32.0 Å². The molecule has 0 bridgehead atoms.